The number of nitrogens with zero attached hydrogens (tertiary/aromatic N) is 3. The summed E-state index contributed by atoms with van der Waals surface area (Å²) in [6.07, 6.45) is -1.70. The summed E-state index contributed by atoms with van der Waals surface area (Å²) in [6, 6.07) is 10.9. The van der Waals surface area contributed by atoms with Crippen LogP contribution in [0.5, 0.6) is 0 Å². The molecule has 0 radical (unpaired) electrons. The van der Waals surface area contributed by atoms with Crippen LogP contribution in [0.4, 0.5) is 13.2 Å². The first-order chi connectivity index (χ1) is 13.3. The van der Waals surface area contributed by atoms with Gasteiger partial charge in [0.1, 0.15) is 5.69 Å². The van der Waals surface area contributed by atoms with Gasteiger partial charge in [-0.1, -0.05) is 35.9 Å². The van der Waals surface area contributed by atoms with E-state index in [1.54, 1.807) is 0 Å². The first-order valence-electron chi connectivity index (χ1n) is 9.41. The maximum absolute atomic E-state index is 12.7. The number of hydrogen-bond donors (Lipinski definition) is 0. The number of hydrogen-bond acceptors (Lipinski definition) is 3. The van der Waals surface area contributed by atoms with Gasteiger partial charge in [-0.05, 0) is 30.5 Å². The second-order valence-corrected chi connectivity index (χ2v) is 7.75. The molecule has 1 aromatic heterocycles. The van der Waals surface area contributed by atoms with Gasteiger partial charge in [-0.2, -0.15) is 13.2 Å². The molecule has 0 saturated carbocycles. The maximum atomic E-state index is 12.7. The molecule has 3 saturated heterocycles. The van der Waals surface area contributed by atoms with Gasteiger partial charge in [-0.3, -0.25) is 14.7 Å². The Balaban J connectivity index is 1.32. The van der Waals surface area contributed by atoms with E-state index in [1.807, 2.05) is 36.1 Å². The molecule has 2 unspecified atom stereocenters. The van der Waals surface area contributed by atoms with Crippen LogP contribution in [-0.2, 0) is 23.9 Å². The van der Waals surface area contributed by atoms with Crippen molar-refractivity contribution in [1.82, 2.24) is 14.8 Å². The summed E-state index contributed by atoms with van der Waals surface area (Å²) < 4.78 is 37.9. The van der Waals surface area contributed by atoms with Crippen LogP contribution in [0, 0.1) is 6.92 Å². The number of carbonyl (C=O) groups excluding carboxylic acids is 1. The predicted octanol–water partition coefficient (Wildman–Crippen LogP) is 3.44. The van der Waals surface area contributed by atoms with Crippen LogP contribution in [0.1, 0.15) is 28.8 Å². The van der Waals surface area contributed by atoms with E-state index in [9.17, 15) is 18.0 Å². The van der Waals surface area contributed by atoms with Gasteiger partial charge in [-0.15, -0.1) is 0 Å². The lowest BCUT2D eigenvalue weighted by Crippen LogP contribution is -2.70. The summed E-state index contributed by atoms with van der Waals surface area (Å²) in [6.45, 7) is 4.07. The lowest BCUT2D eigenvalue weighted by molar-refractivity contribution is -0.153. The van der Waals surface area contributed by atoms with Crippen LogP contribution < -0.4 is 0 Å². The third-order valence-electron chi connectivity index (χ3n) is 5.55. The number of fused-ring (bicyclic) bond motifs is 2. The second kappa shape index (κ2) is 7.20. The fraction of sp³-hybridized carbons (Fsp3) is 0.429. The Morgan fingerprint density at radius 2 is 1.71 bits per heavy atom. The molecule has 3 fully saturated rings. The highest BCUT2D eigenvalue weighted by molar-refractivity contribution is 5.80. The maximum Gasteiger partial charge on any atom is 0.433 e. The lowest BCUT2D eigenvalue weighted by Gasteiger charge is -2.56. The Morgan fingerprint density at radius 1 is 1.07 bits per heavy atom. The number of alkyl halides is 3. The topological polar surface area (TPSA) is 36.4 Å². The molecule has 0 aliphatic carbocycles. The number of aryl methyl sites for hydroxylation is 1. The van der Waals surface area contributed by atoms with Gasteiger partial charge in [0, 0.05) is 37.9 Å². The van der Waals surface area contributed by atoms with Crippen molar-refractivity contribution in [2.75, 3.05) is 13.1 Å². The van der Waals surface area contributed by atoms with Gasteiger partial charge in [0.2, 0.25) is 5.91 Å². The van der Waals surface area contributed by atoms with E-state index in [2.05, 4.69) is 9.88 Å². The Morgan fingerprint density at radius 3 is 2.29 bits per heavy atom. The van der Waals surface area contributed by atoms with Gasteiger partial charge >= 0.3 is 6.18 Å². The molecule has 2 aromatic rings. The molecular weight excluding hydrogens is 367 g/mol. The largest absolute Gasteiger partial charge is 0.433 e. The molecule has 148 valence electrons. The number of pyridine rings is 1. The third kappa shape index (κ3) is 3.90. The number of rotatable bonds is 4. The highest BCUT2D eigenvalue weighted by Gasteiger charge is 2.46. The van der Waals surface area contributed by atoms with Crippen LogP contribution in [-0.4, -0.2) is 45.9 Å². The van der Waals surface area contributed by atoms with Crippen LogP contribution in [0.15, 0.2) is 42.6 Å². The van der Waals surface area contributed by atoms with E-state index in [1.165, 1.54) is 17.8 Å². The lowest BCUT2D eigenvalue weighted by atomic mass is 9.86. The molecule has 1 aromatic carbocycles. The van der Waals surface area contributed by atoms with E-state index in [0.717, 1.165) is 36.7 Å². The van der Waals surface area contributed by atoms with Crippen LogP contribution in [0.2, 0.25) is 0 Å². The van der Waals surface area contributed by atoms with E-state index in [-0.39, 0.29) is 18.0 Å². The van der Waals surface area contributed by atoms with Crippen LogP contribution in [0.25, 0.3) is 0 Å². The molecule has 0 spiro atoms. The zero-order chi connectivity index (χ0) is 19.9. The second-order valence-electron chi connectivity index (χ2n) is 7.75. The molecule has 7 heteroatoms. The van der Waals surface area contributed by atoms with Gasteiger partial charge in [0.15, 0.2) is 0 Å². The highest BCUT2D eigenvalue weighted by Crippen LogP contribution is 2.34. The Kier molecular flexibility index (Phi) is 4.87. The summed E-state index contributed by atoms with van der Waals surface area (Å²) in [5, 5.41) is 0. The van der Waals surface area contributed by atoms with Crippen molar-refractivity contribution in [1.29, 1.82) is 0 Å². The average molecular weight is 389 g/mol. The number of piperidine rings is 1. The minimum absolute atomic E-state index is 0.154. The van der Waals surface area contributed by atoms with Crippen molar-refractivity contribution < 1.29 is 18.0 Å². The quantitative estimate of drug-likeness (QED) is 0.804. The Hall–Kier alpha value is -2.41. The number of halogens is 3. The fourth-order valence-electron chi connectivity index (χ4n) is 4.15. The van der Waals surface area contributed by atoms with Crippen molar-refractivity contribution in [3.8, 4) is 0 Å². The molecule has 4 nitrogen and oxygen atoms in total. The van der Waals surface area contributed by atoms with Gasteiger partial charge in [0.25, 0.3) is 0 Å². The average Bonchev–Trinajstić information content (AvgIpc) is 2.63. The third-order valence-corrected chi connectivity index (χ3v) is 5.55. The minimum atomic E-state index is -4.41. The molecule has 2 atom stereocenters. The first-order valence-corrected chi connectivity index (χ1v) is 9.41. The number of amides is 1. The monoisotopic (exact) mass is 389 g/mol. The first kappa shape index (κ1) is 18.9. The Labute approximate surface area is 162 Å². The molecule has 3 aliphatic rings. The summed E-state index contributed by atoms with van der Waals surface area (Å²) >= 11 is 0. The van der Waals surface area contributed by atoms with E-state index < -0.39 is 11.9 Å². The molecule has 3 aliphatic heterocycles. The van der Waals surface area contributed by atoms with E-state index in [4.69, 9.17) is 0 Å². The minimum Gasteiger partial charge on any atom is -0.334 e. The highest BCUT2D eigenvalue weighted by atomic mass is 19.4. The summed E-state index contributed by atoms with van der Waals surface area (Å²) in [4.78, 5) is 20.4. The summed E-state index contributed by atoms with van der Waals surface area (Å²) in [5.74, 6) is 0.154. The molecular formula is C21H22F3N3O. The zero-order valence-corrected chi connectivity index (χ0v) is 15.6. The number of benzene rings is 1. The van der Waals surface area contributed by atoms with Crippen molar-refractivity contribution in [3.63, 3.8) is 0 Å². The molecule has 5 rings (SSSR count). The summed E-state index contributed by atoms with van der Waals surface area (Å²) in [5.41, 5.74) is 2.08. The summed E-state index contributed by atoms with van der Waals surface area (Å²) in [7, 11) is 0. The van der Waals surface area contributed by atoms with Gasteiger partial charge in [0.05, 0.1) is 6.42 Å². The molecule has 2 bridgehead atoms. The van der Waals surface area contributed by atoms with Gasteiger partial charge < -0.3 is 4.90 Å². The van der Waals surface area contributed by atoms with Crippen LogP contribution in [0.3, 0.4) is 0 Å². The normalized spacial score (nSPS) is 22.1. The number of piperazine rings is 1. The van der Waals surface area contributed by atoms with Crippen molar-refractivity contribution in [2.24, 2.45) is 0 Å². The number of carbonyl (C=O) groups is 1. The SMILES string of the molecule is Cc1ccc(CC(=O)N2C3CC2CN(Cc2ccc(C(F)(F)F)nc2)C3)cc1. The van der Waals surface area contributed by atoms with Crippen molar-refractivity contribution in [2.45, 2.75) is 44.6 Å². The van der Waals surface area contributed by atoms with E-state index >= 15 is 0 Å². The van der Waals surface area contributed by atoms with Crippen LogP contribution >= 0.6 is 0 Å². The standard InChI is InChI=1S/C21H22F3N3O/c1-14-2-4-15(5-3-14)8-20(28)27-17-9-18(27)13-26(12-17)11-16-6-7-19(25-10-16)21(22,23)24/h2-7,10,17-18H,8-9,11-13H2,1H3. The molecule has 4 heterocycles. The molecule has 1 amide bonds. The predicted molar refractivity (Wildman–Crippen MR) is 98.4 cm³/mol. The van der Waals surface area contributed by atoms with Crippen molar-refractivity contribution in [3.05, 3.63) is 65.0 Å². The van der Waals surface area contributed by atoms with Gasteiger partial charge in [-0.25, -0.2) is 0 Å². The van der Waals surface area contributed by atoms with E-state index in [0.29, 0.717) is 13.0 Å². The number of aromatic nitrogens is 1. The smallest absolute Gasteiger partial charge is 0.334 e. The van der Waals surface area contributed by atoms with Crippen molar-refractivity contribution >= 4 is 5.91 Å². The zero-order valence-electron chi connectivity index (χ0n) is 15.6. The fourth-order valence-corrected chi connectivity index (χ4v) is 4.15. The molecule has 0 N–H and O–H groups in total. The molecule has 28 heavy (non-hydrogen) atoms. The Bertz CT molecular complexity index is 837.